The zero-order valence-corrected chi connectivity index (χ0v) is 22.6. The number of aromatic amines is 1. The number of aromatic nitrogens is 2. The van der Waals surface area contributed by atoms with E-state index in [1.165, 1.54) is 11.8 Å². The molecule has 1 aromatic heterocycles. The van der Waals surface area contributed by atoms with Gasteiger partial charge in [0.15, 0.2) is 14.9 Å². The first-order chi connectivity index (χ1) is 17.7. The van der Waals surface area contributed by atoms with Crippen molar-refractivity contribution in [3.8, 4) is 5.75 Å². The SMILES string of the molecule is CCOC(=O)NC1CCc2ccc(OCCCS(=O)(=O)c3cnc(C)[nH]3)cc2C1Cc1cccc(Cl)c1. The number of amides is 1. The van der Waals surface area contributed by atoms with Crippen molar-refractivity contribution >= 4 is 27.5 Å². The molecule has 2 unspecified atom stereocenters. The second-order valence-corrected chi connectivity index (χ2v) is 11.7. The molecule has 2 N–H and O–H groups in total. The van der Waals surface area contributed by atoms with Crippen LogP contribution in [0.1, 0.15) is 48.2 Å². The fourth-order valence-corrected chi connectivity index (χ4v) is 6.18. The van der Waals surface area contributed by atoms with Gasteiger partial charge >= 0.3 is 6.09 Å². The average Bonchev–Trinajstić information content (AvgIpc) is 3.31. The van der Waals surface area contributed by atoms with E-state index in [2.05, 4.69) is 21.4 Å². The lowest BCUT2D eigenvalue weighted by Crippen LogP contribution is -2.43. The number of carbonyl (C=O) groups excluding carboxylic acids is 1. The maximum absolute atomic E-state index is 12.5. The Morgan fingerprint density at radius 2 is 2.08 bits per heavy atom. The second kappa shape index (κ2) is 12.0. The molecule has 1 aliphatic rings. The molecule has 4 rings (SSSR count). The van der Waals surface area contributed by atoms with Crippen molar-refractivity contribution in [2.45, 2.75) is 56.5 Å². The van der Waals surface area contributed by atoms with Crippen molar-refractivity contribution in [1.29, 1.82) is 0 Å². The zero-order chi connectivity index (χ0) is 26.4. The van der Waals surface area contributed by atoms with Crippen molar-refractivity contribution in [3.05, 3.63) is 76.2 Å². The number of carbonyl (C=O) groups is 1. The van der Waals surface area contributed by atoms with Crippen molar-refractivity contribution in [3.63, 3.8) is 0 Å². The number of benzene rings is 2. The van der Waals surface area contributed by atoms with E-state index < -0.39 is 15.9 Å². The van der Waals surface area contributed by atoms with Crippen LogP contribution in [-0.2, 0) is 27.4 Å². The minimum atomic E-state index is -3.44. The predicted molar refractivity (Wildman–Crippen MR) is 142 cm³/mol. The molecule has 1 amide bonds. The molecule has 0 aliphatic heterocycles. The number of imidazole rings is 1. The van der Waals surface area contributed by atoms with Crippen molar-refractivity contribution < 1.29 is 22.7 Å². The number of rotatable bonds is 10. The van der Waals surface area contributed by atoms with E-state index in [4.69, 9.17) is 21.1 Å². The van der Waals surface area contributed by atoms with E-state index >= 15 is 0 Å². The lowest BCUT2D eigenvalue weighted by molar-refractivity contribution is 0.144. The molecule has 8 nitrogen and oxygen atoms in total. The zero-order valence-electron chi connectivity index (χ0n) is 21.0. The van der Waals surface area contributed by atoms with E-state index in [0.29, 0.717) is 36.0 Å². The fraction of sp³-hybridized carbons (Fsp3) is 0.407. The highest BCUT2D eigenvalue weighted by Gasteiger charge is 2.31. The minimum absolute atomic E-state index is 0.000770. The molecule has 0 radical (unpaired) electrons. The number of halogens is 1. The summed E-state index contributed by atoms with van der Waals surface area (Å²) in [5, 5.41) is 3.84. The number of aryl methyl sites for hydroxylation is 2. The fourth-order valence-electron chi connectivity index (χ4n) is 4.74. The van der Waals surface area contributed by atoms with Gasteiger partial charge in [-0.15, -0.1) is 0 Å². The number of nitrogens with zero attached hydrogens (tertiary/aromatic N) is 1. The molecule has 0 saturated heterocycles. The summed E-state index contributed by atoms with van der Waals surface area (Å²) in [6, 6.07) is 13.6. The van der Waals surface area contributed by atoms with Crippen LogP contribution in [0, 0.1) is 6.92 Å². The maximum Gasteiger partial charge on any atom is 0.407 e. The minimum Gasteiger partial charge on any atom is -0.494 e. The predicted octanol–water partition coefficient (Wildman–Crippen LogP) is 5.00. The van der Waals surface area contributed by atoms with Crippen LogP contribution < -0.4 is 10.1 Å². The van der Waals surface area contributed by atoms with E-state index in [1.807, 2.05) is 36.4 Å². The number of hydrogen-bond acceptors (Lipinski definition) is 6. The van der Waals surface area contributed by atoms with Crippen LogP contribution in [0.15, 0.2) is 53.7 Å². The van der Waals surface area contributed by atoms with Gasteiger partial charge in [-0.25, -0.2) is 18.2 Å². The smallest absolute Gasteiger partial charge is 0.407 e. The van der Waals surface area contributed by atoms with Crippen LogP contribution in [0.4, 0.5) is 4.79 Å². The Kier molecular flexibility index (Phi) is 8.76. The molecule has 10 heteroatoms. The van der Waals surface area contributed by atoms with Gasteiger partial charge in [0, 0.05) is 17.0 Å². The van der Waals surface area contributed by atoms with Crippen LogP contribution >= 0.6 is 11.6 Å². The van der Waals surface area contributed by atoms with Crippen molar-refractivity contribution in [1.82, 2.24) is 15.3 Å². The Hall–Kier alpha value is -3.04. The highest BCUT2D eigenvalue weighted by atomic mass is 35.5. The number of alkyl carbamates (subject to hydrolysis) is 1. The van der Waals surface area contributed by atoms with Crippen LogP contribution in [-0.4, -0.2) is 49.5 Å². The molecule has 37 heavy (non-hydrogen) atoms. The largest absolute Gasteiger partial charge is 0.494 e. The van der Waals surface area contributed by atoms with Gasteiger partial charge in [0.2, 0.25) is 0 Å². The Morgan fingerprint density at radius 1 is 1.24 bits per heavy atom. The van der Waals surface area contributed by atoms with Crippen LogP contribution in [0.5, 0.6) is 5.75 Å². The van der Waals surface area contributed by atoms with E-state index in [1.54, 1.807) is 13.8 Å². The highest BCUT2D eigenvalue weighted by Crippen LogP contribution is 2.37. The van der Waals surface area contributed by atoms with E-state index in [-0.39, 0.29) is 29.3 Å². The molecule has 1 aliphatic carbocycles. The number of sulfone groups is 1. The second-order valence-electron chi connectivity index (χ2n) is 9.16. The Morgan fingerprint density at radius 3 is 2.81 bits per heavy atom. The molecule has 2 aromatic carbocycles. The summed E-state index contributed by atoms with van der Waals surface area (Å²) < 4.78 is 36.1. The standard InChI is InChI=1S/C27H32ClN3O5S/c1-3-35-27(32)31-25-11-9-20-8-10-22(16-23(20)24(25)15-19-6-4-7-21(28)14-19)36-12-5-13-37(33,34)26-17-29-18(2)30-26/h4,6-8,10,14,16-17,24-25H,3,5,9,11-13,15H2,1-2H3,(H,29,30)(H,31,32). The van der Waals surface area contributed by atoms with Gasteiger partial charge in [-0.2, -0.15) is 0 Å². The van der Waals surface area contributed by atoms with Gasteiger partial charge in [-0.05, 0) is 80.5 Å². The summed E-state index contributed by atoms with van der Waals surface area (Å²) >= 11 is 6.24. The van der Waals surface area contributed by atoms with Gasteiger partial charge in [0.25, 0.3) is 0 Å². The monoisotopic (exact) mass is 545 g/mol. The summed E-state index contributed by atoms with van der Waals surface area (Å²) in [5.74, 6) is 1.19. The van der Waals surface area contributed by atoms with E-state index in [9.17, 15) is 13.2 Å². The molecule has 2 atom stereocenters. The van der Waals surface area contributed by atoms with Gasteiger partial charge in [0.1, 0.15) is 11.6 Å². The molecule has 1 heterocycles. The van der Waals surface area contributed by atoms with Gasteiger partial charge in [-0.1, -0.05) is 29.8 Å². The molecule has 0 spiro atoms. The topological polar surface area (TPSA) is 110 Å². The van der Waals surface area contributed by atoms with Gasteiger partial charge in [-0.3, -0.25) is 0 Å². The van der Waals surface area contributed by atoms with Crippen LogP contribution in [0.25, 0.3) is 0 Å². The Bertz CT molecular complexity index is 1340. The van der Waals surface area contributed by atoms with Crippen LogP contribution in [0.2, 0.25) is 5.02 Å². The molecule has 3 aromatic rings. The lowest BCUT2D eigenvalue weighted by Gasteiger charge is -2.34. The Balaban J connectivity index is 1.48. The Labute approximate surface area is 222 Å². The van der Waals surface area contributed by atoms with Gasteiger partial charge < -0.3 is 19.8 Å². The third kappa shape index (κ3) is 7.05. The summed E-state index contributed by atoms with van der Waals surface area (Å²) in [6.45, 7) is 4.06. The first-order valence-corrected chi connectivity index (χ1v) is 14.5. The number of fused-ring (bicyclic) bond motifs is 1. The third-order valence-corrected chi connectivity index (χ3v) is 8.43. The average molecular weight is 546 g/mol. The maximum atomic E-state index is 12.5. The quantitative estimate of drug-likeness (QED) is 0.347. The first kappa shape index (κ1) is 27.0. The first-order valence-electron chi connectivity index (χ1n) is 12.4. The summed E-state index contributed by atoms with van der Waals surface area (Å²) in [7, 11) is -3.44. The number of hydrogen-bond donors (Lipinski definition) is 2. The van der Waals surface area contributed by atoms with Crippen molar-refractivity contribution in [2.24, 2.45) is 0 Å². The summed E-state index contributed by atoms with van der Waals surface area (Å²) in [6.07, 6.45) is 3.57. The molecule has 0 saturated carbocycles. The molecular formula is C27H32ClN3O5S. The third-order valence-electron chi connectivity index (χ3n) is 6.49. The normalized spacial score (nSPS) is 17.2. The number of H-pyrrole nitrogens is 1. The summed E-state index contributed by atoms with van der Waals surface area (Å²) in [5.41, 5.74) is 3.39. The van der Waals surface area contributed by atoms with Crippen molar-refractivity contribution in [2.75, 3.05) is 19.0 Å². The van der Waals surface area contributed by atoms with Gasteiger partial charge in [0.05, 0.1) is 25.2 Å². The number of ether oxygens (including phenoxy) is 2. The molecule has 198 valence electrons. The molecule has 0 bridgehead atoms. The molecule has 0 fully saturated rings. The highest BCUT2D eigenvalue weighted by molar-refractivity contribution is 7.91. The van der Waals surface area contributed by atoms with E-state index in [0.717, 1.165) is 24.0 Å². The summed E-state index contributed by atoms with van der Waals surface area (Å²) in [4.78, 5) is 19.0. The number of nitrogens with one attached hydrogen (secondary N) is 2. The van der Waals surface area contributed by atoms with Crippen LogP contribution in [0.3, 0.4) is 0 Å². The lowest BCUT2D eigenvalue weighted by atomic mass is 9.76. The molecular weight excluding hydrogens is 514 g/mol.